The van der Waals surface area contributed by atoms with Gasteiger partial charge < -0.3 is 19.3 Å². The number of ether oxygens (including phenoxy) is 3. The van der Waals surface area contributed by atoms with E-state index in [-0.39, 0.29) is 17.5 Å². The Kier molecular flexibility index (Phi) is 8.54. The Morgan fingerprint density at radius 2 is 1.79 bits per heavy atom. The minimum absolute atomic E-state index is 0.0201. The standard InChI is InChI=1S/C21H24ClFO5/c1-14(2)28-20(21(24)25)12-15-5-3-6-16(11-15)26-9-4-10-27-17-7-8-19(23)18(22)13-17/h3,5-8,11,13-14,20H,4,9-10,12H2,1-2H3,(H,24,25)/t20-/m0/s1. The third kappa shape index (κ3) is 7.37. The molecular formula is C21H24ClFO5. The smallest absolute Gasteiger partial charge is 0.333 e. The number of hydrogen-bond acceptors (Lipinski definition) is 4. The van der Waals surface area contributed by atoms with Crippen molar-refractivity contribution in [2.75, 3.05) is 13.2 Å². The fourth-order valence-electron chi connectivity index (χ4n) is 2.50. The number of benzene rings is 2. The number of rotatable bonds is 11. The molecule has 7 heteroatoms. The molecule has 0 amide bonds. The van der Waals surface area contributed by atoms with E-state index in [1.165, 1.54) is 18.2 Å². The van der Waals surface area contributed by atoms with E-state index in [1.807, 2.05) is 18.2 Å². The van der Waals surface area contributed by atoms with E-state index in [2.05, 4.69) is 0 Å². The molecule has 2 rings (SSSR count). The van der Waals surface area contributed by atoms with E-state index in [0.29, 0.717) is 31.1 Å². The van der Waals surface area contributed by atoms with Gasteiger partial charge in [-0.15, -0.1) is 0 Å². The number of carbonyl (C=O) groups is 1. The summed E-state index contributed by atoms with van der Waals surface area (Å²) in [7, 11) is 0. The topological polar surface area (TPSA) is 65.0 Å². The monoisotopic (exact) mass is 410 g/mol. The van der Waals surface area contributed by atoms with Crippen molar-refractivity contribution in [2.24, 2.45) is 0 Å². The second kappa shape index (κ2) is 10.9. The van der Waals surface area contributed by atoms with Crippen molar-refractivity contribution in [1.82, 2.24) is 0 Å². The van der Waals surface area contributed by atoms with Crippen LogP contribution in [0.3, 0.4) is 0 Å². The Labute approximate surface area is 169 Å². The highest BCUT2D eigenvalue weighted by Crippen LogP contribution is 2.21. The molecule has 152 valence electrons. The quantitative estimate of drug-likeness (QED) is 0.541. The summed E-state index contributed by atoms with van der Waals surface area (Å²) in [5.41, 5.74) is 0.822. The Bertz CT molecular complexity index is 781. The first-order chi connectivity index (χ1) is 13.3. The van der Waals surface area contributed by atoms with Gasteiger partial charge in [-0.25, -0.2) is 9.18 Å². The summed E-state index contributed by atoms with van der Waals surface area (Å²) in [6, 6.07) is 11.5. The summed E-state index contributed by atoms with van der Waals surface area (Å²) in [5.74, 6) is -0.325. The Morgan fingerprint density at radius 3 is 2.39 bits per heavy atom. The first kappa shape index (κ1) is 22.0. The summed E-state index contributed by atoms with van der Waals surface area (Å²) in [5, 5.41) is 9.30. The molecule has 0 aliphatic carbocycles. The average molecular weight is 411 g/mol. The van der Waals surface area contributed by atoms with Crippen LogP contribution < -0.4 is 9.47 Å². The molecule has 0 unspecified atom stereocenters. The molecule has 0 saturated carbocycles. The van der Waals surface area contributed by atoms with Gasteiger partial charge in [-0.2, -0.15) is 0 Å². The number of aliphatic carboxylic acids is 1. The molecule has 0 bridgehead atoms. The van der Waals surface area contributed by atoms with Crippen LogP contribution in [0, 0.1) is 5.82 Å². The molecule has 0 aliphatic heterocycles. The van der Waals surface area contributed by atoms with E-state index in [0.717, 1.165) is 5.56 Å². The van der Waals surface area contributed by atoms with Crippen LogP contribution in [0.1, 0.15) is 25.8 Å². The van der Waals surface area contributed by atoms with Gasteiger partial charge in [0.1, 0.15) is 17.3 Å². The van der Waals surface area contributed by atoms with Crippen LogP contribution in [-0.2, 0) is 16.0 Å². The van der Waals surface area contributed by atoms with E-state index in [1.54, 1.807) is 19.9 Å². The van der Waals surface area contributed by atoms with Crippen LogP contribution in [0.4, 0.5) is 4.39 Å². The molecule has 28 heavy (non-hydrogen) atoms. The van der Waals surface area contributed by atoms with Crippen LogP contribution >= 0.6 is 11.6 Å². The van der Waals surface area contributed by atoms with Gasteiger partial charge in [0.05, 0.1) is 24.3 Å². The second-order valence-electron chi connectivity index (χ2n) is 6.49. The lowest BCUT2D eigenvalue weighted by Crippen LogP contribution is -2.29. The van der Waals surface area contributed by atoms with Gasteiger partial charge in [0.25, 0.3) is 0 Å². The summed E-state index contributed by atoms with van der Waals surface area (Å²) < 4.78 is 29.7. The highest BCUT2D eigenvalue weighted by Gasteiger charge is 2.20. The lowest BCUT2D eigenvalue weighted by atomic mass is 10.1. The zero-order valence-electron chi connectivity index (χ0n) is 15.9. The summed E-state index contributed by atoms with van der Waals surface area (Å²) in [6.07, 6.45) is -0.185. The maximum Gasteiger partial charge on any atom is 0.333 e. The molecule has 0 fully saturated rings. The maximum absolute atomic E-state index is 13.1. The molecule has 0 spiro atoms. The van der Waals surface area contributed by atoms with E-state index in [9.17, 15) is 14.3 Å². The van der Waals surface area contributed by atoms with Gasteiger partial charge in [-0.3, -0.25) is 0 Å². The fourth-order valence-corrected chi connectivity index (χ4v) is 2.67. The van der Waals surface area contributed by atoms with Crippen LogP contribution in [0.5, 0.6) is 11.5 Å². The van der Waals surface area contributed by atoms with Crippen molar-refractivity contribution in [2.45, 2.75) is 38.9 Å². The minimum Gasteiger partial charge on any atom is -0.493 e. The number of carboxylic acids is 1. The molecule has 1 atom stereocenters. The Hall–Kier alpha value is -2.31. The summed E-state index contributed by atoms with van der Waals surface area (Å²) in [4.78, 5) is 11.3. The highest BCUT2D eigenvalue weighted by molar-refractivity contribution is 6.30. The lowest BCUT2D eigenvalue weighted by Gasteiger charge is -2.17. The molecule has 0 heterocycles. The number of halogens is 2. The predicted molar refractivity (Wildman–Crippen MR) is 105 cm³/mol. The van der Waals surface area contributed by atoms with Gasteiger partial charge in [0, 0.05) is 18.9 Å². The van der Waals surface area contributed by atoms with Gasteiger partial charge in [-0.05, 0) is 43.7 Å². The van der Waals surface area contributed by atoms with Gasteiger partial charge in [0.15, 0.2) is 6.10 Å². The van der Waals surface area contributed by atoms with Crippen molar-refractivity contribution in [3.8, 4) is 11.5 Å². The molecule has 2 aromatic rings. The zero-order chi connectivity index (χ0) is 20.5. The molecule has 0 aromatic heterocycles. The third-order valence-electron chi connectivity index (χ3n) is 3.75. The van der Waals surface area contributed by atoms with Crippen LogP contribution in [0.2, 0.25) is 5.02 Å². The molecular weight excluding hydrogens is 387 g/mol. The second-order valence-corrected chi connectivity index (χ2v) is 6.90. The fraction of sp³-hybridized carbons (Fsp3) is 0.381. The summed E-state index contributed by atoms with van der Waals surface area (Å²) >= 11 is 5.71. The van der Waals surface area contributed by atoms with Crippen molar-refractivity contribution >= 4 is 17.6 Å². The van der Waals surface area contributed by atoms with Gasteiger partial charge >= 0.3 is 5.97 Å². The van der Waals surface area contributed by atoms with E-state index in [4.69, 9.17) is 25.8 Å². The Balaban J connectivity index is 1.79. The average Bonchev–Trinajstić information content (AvgIpc) is 2.63. The first-order valence-electron chi connectivity index (χ1n) is 9.03. The van der Waals surface area contributed by atoms with Crippen LogP contribution in [-0.4, -0.2) is 36.5 Å². The van der Waals surface area contributed by atoms with Gasteiger partial charge in [-0.1, -0.05) is 23.7 Å². The zero-order valence-corrected chi connectivity index (χ0v) is 16.6. The van der Waals surface area contributed by atoms with E-state index >= 15 is 0 Å². The normalized spacial score (nSPS) is 12.0. The van der Waals surface area contributed by atoms with Crippen molar-refractivity contribution in [3.05, 3.63) is 58.9 Å². The SMILES string of the molecule is CC(C)O[C@@H](Cc1cccc(OCCCOc2ccc(F)c(Cl)c2)c1)C(=O)O. The largest absolute Gasteiger partial charge is 0.493 e. The van der Waals surface area contributed by atoms with Crippen molar-refractivity contribution in [1.29, 1.82) is 0 Å². The minimum atomic E-state index is -0.988. The van der Waals surface area contributed by atoms with Crippen molar-refractivity contribution in [3.63, 3.8) is 0 Å². The van der Waals surface area contributed by atoms with Crippen LogP contribution in [0.15, 0.2) is 42.5 Å². The van der Waals surface area contributed by atoms with E-state index < -0.39 is 17.9 Å². The highest BCUT2D eigenvalue weighted by atomic mass is 35.5. The number of carboxylic acid groups (broad SMARTS) is 1. The predicted octanol–water partition coefficient (Wildman–Crippen LogP) is 4.75. The number of hydrogen-bond donors (Lipinski definition) is 1. The lowest BCUT2D eigenvalue weighted by molar-refractivity contribution is -0.153. The molecule has 0 saturated heterocycles. The summed E-state index contributed by atoms with van der Waals surface area (Å²) in [6.45, 7) is 4.42. The van der Waals surface area contributed by atoms with Crippen molar-refractivity contribution < 1.29 is 28.5 Å². The molecule has 2 aromatic carbocycles. The maximum atomic E-state index is 13.1. The van der Waals surface area contributed by atoms with Gasteiger partial charge in [0.2, 0.25) is 0 Å². The molecule has 1 N–H and O–H groups in total. The molecule has 0 radical (unpaired) electrons. The van der Waals surface area contributed by atoms with Crippen LogP contribution in [0.25, 0.3) is 0 Å². The Morgan fingerprint density at radius 1 is 1.11 bits per heavy atom. The third-order valence-corrected chi connectivity index (χ3v) is 4.04. The first-order valence-corrected chi connectivity index (χ1v) is 9.41. The molecule has 0 aliphatic rings. The molecule has 5 nitrogen and oxygen atoms in total.